The predicted octanol–water partition coefficient (Wildman–Crippen LogP) is 3.06. The van der Waals surface area contributed by atoms with Gasteiger partial charge >= 0.3 is 6.03 Å². The highest BCUT2D eigenvalue weighted by molar-refractivity contribution is 5.74. The first-order chi connectivity index (χ1) is 8.45. The minimum atomic E-state index is 0.284. The van der Waals surface area contributed by atoms with Gasteiger partial charge in [-0.25, -0.2) is 4.79 Å². The number of rotatable bonds is 0. The second kappa shape index (κ2) is 5.50. The molecule has 2 aliphatic rings. The number of urea groups is 1. The van der Waals surface area contributed by atoms with Crippen molar-refractivity contribution in [3.63, 3.8) is 0 Å². The van der Waals surface area contributed by atoms with Crippen LogP contribution in [0.3, 0.4) is 0 Å². The molecule has 0 aromatic heterocycles. The second-order valence-electron chi connectivity index (χ2n) is 6.98. The Morgan fingerprint density at radius 3 is 1.28 bits per heavy atom. The van der Waals surface area contributed by atoms with E-state index in [0.29, 0.717) is 23.7 Å². The summed E-state index contributed by atoms with van der Waals surface area (Å²) >= 11 is 0. The summed E-state index contributed by atoms with van der Waals surface area (Å²) in [5.41, 5.74) is 0. The third-order valence-electron chi connectivity index (χ3n) is 4.28. The molecule has 4 atom stereocenters. The molecule has 2 amide bonds. The molecule has 2 saturated heterocycles. The van der Waals surface area contributed by atoms with Crippen molar-refractivity contribution in [3.05, 3.63) is 0 Å². The monoisotopic (exact) mass is 252 g/mol. The lowest BCUT2D eigenvalue weighted by atomic mass is 9.91. The molecule has 2 heterocycles. The summed E-state index contributed by atoms with van der Waals surface area (Å²) in [7, 11) is 0. The fraction of sp³-hybridized carbons (Fsp3) is 0.933. The average Bonchev–Trinajstić information content (AvgIpc) is 2.25. The molecule has 0 aromatic rings. The Labute approximate surface area is 112 Å². The molecule has 0 saturated carbocycles. The van der Waals surface area contributed by atoms with Gasteiger partial charge in [-0.3, -0.25) is 0 Å². The lowest BCUT2D eigenvalue weighted by Gasteiger charge is -2.41. The number of hydrogen-bond donors (Lipinski definition) is 0. The minimum absolute atomic E-state index is 0.284. The van der Waals surface area contributed by atoms with Gasteiger partial charge in [-0.1, -0.05) is 27.7 Å². The zero-order valence-electron chi connectivity index (χ0n) is 12.4. The molecule has 4 unspecified atom stereocenters. The smallest absolute Gasteiger partial charge is 0.320 e. The Bertz CT molecular complexity index is 257. The summed E-state index contributed by atoms with van der Waals surface area (Å²) in [6.07, 6.45) is 2.52. The molecule has 0 spiro atoms. The maximum absolute atomic E-state index is 12.6. The van der Waals surface area contributed by atoms with E-state index < -0.39 is 0 Å². The maximum Gasteiger partial charge on any atom is 0.320 e. The van der Waals surface area contributed by atoms with E-state index in [1.54, 1.807) is 0 Å². The van der Waals surface area contributed by atoms with Gasteiger partial charge in [-0.2, -0.15) is 0 Å². The van der Waals surface area contributed by atoms with Crippen molar-refractivity contribution < 1.29 is 4.79 Å². The molecule has 2 aliphatic heterocycles. The molecule has 0 aromatic carbocycles. The van der Waals surface area contributed by atoms with Crippen LogP contribution in [0.2, 0.25) is 0 Å². The molecule has 0 aliphatic carbocycles. The topological polar surface area (TPSA) is 23.6 Å². The van der Waals surface area contributed by atoms with E-state index in [-0.39, 0.29) is 6.03 Å². The molecule has 0 N–H and O–H groups in total. The molecule has 3 heteroatoms. The van der Waals surface area contributed by atoms with Crippen molar-refractivity contribution in [2.75, 3.05) is 26.2 Å². The predicted molar refractivity (Wildman–Crippen MR) is 74.4 cm³/mol. The number of piperidine rings is 2. The highest BCUT2D eigenvalue weighted by atomic mass is 16.2. The second-order valence-corrected chi connectivity index (χ2v) is 6.98. The minimum Gasteiger partial charge on any atom is -0.324 e. The van der Waals surface area contributed by atoms with E-state index in [1.165, 1.54) is 12.8 Å². The molecule has 104 valence electrons. The van der Waals surface area contributed by atoms with Crippen molar-refractivity contribution >= 4 is 6.03 Å². The number of amides is 2. The normalized spacial score (nSPS) is 37.8. The van der Waals surface area contributed by atoms with Crippen LogP contribution in [0.5, 0.6) is 0 Å². The summed E-state index contributed by atoms with van der Waals surface area (Å²) in [5.74, 6) is 2.60. The summed E-state index contributed by atoms with van der Waals surface area (Å²) in [6, 6.07) is 0.284. The van der Waals surface area contributed by atoms with Crippen LogP contribution in [0.1, 0.15) is 40.5 Å². The van der Waals surface area contributed by atoms with E-state index in [9.17, 15) is 4.79 Å². The fourth-order valence-corrected chi connectivity index (χ4v) is 3.84. The van der Waals surface area contributed by atoms with E-state index in [1.807, 2.05) is 0 Å². The fourth-order valence-electron chi connectivity index (χ4n) is 3.84. The quantitative estimate of drug-likeness (QED) is 0.650. The number of carbonyl (C=O) groups is 1. The van der Waals surface area contributed by atoms with Crippen LogP contribution in [-0.2, 0) is 0 Å². The number of hydrogen-bond acceptors (Lipinski definition) is 1. The van der Waals surface area contributed by atoms with Gasteiger partial charge in [0.1, 0.15) is 0 Å². The lowest BCUT2D eigenvalue weighted by molar-refractivity contribution is 0.0889. The largest absolute Gasteiger partial charge is 0.324 e. The molecule has 0 radical (unpaired) electrons. The van der Waals surface area contributed by atoms with E-state index in [0.717, 1.165) is 26.2 Å². The lowest BCUT2D eigenvalue weighted by Crippen LogP contribution is -2.52. The van der Waals surface area contributed by atoms with E-state index >= 15 is 0 Å². The van der Waals surface area contributed by atoms with Crippen molar-refractivity contribution in [2.45, 2.75) is 40.5 Å². The Kier molecular flexibility index (Phi) is 4.18. The number of nitrogens with zero attached hydrogens (tertiary/aromatic N) is 2. The first-order valence-corrected chi connectivity index (χ1v) is 7.49. The van der Waals surface area contributed by atoms with Gasteiger partial charge in [-0.05, 0) is 36.5 Å². The van der Waals surface area contributed by atoms with Crippen molar-refractivity contribution in [2.24, 2.45) is 23.7 Å². The van der Waals surface area contributed by atoms with E-state index in [4.69, 9.17) is 0 Å². The molecule has 0 bridgehead atoms. The highest BCUT2D eigenvalue weighted by Crippen LogP contribution is 2.25. The third-order valence-corrected chi connectivity index (χ3v) is 4.28. The van der Waals surface area contributed by atoms with Crippen molar-refractivity contribution in [1.29, 1.82) is 0 Å². The summed E-state index contributed by atoms with van der Waals surface area (Å²) in [5, 5.41) is 0. The van der Waals surface area contributed by atoms with Crippen LogP contribution in [0.25, 0.3) is 0 Å². The van der Waals surface area contributed by atoms with Gasteiger partial charge in [0.15, 0.2) is 0 Å². The molecule has 18 heavy (non-hydrogen) atoms. The van der Waals surface area contributed by atoms with Crippen LogP contribution >= 0.6 is 0 Å². The Morgan fingerprint density at radius 2 is 1.00 bits per heavy atom. The summed E-state index contributed by atoms with van der Waals surface area (Å²) < 4.78 is 0. The van der Waals surface area contributed by atoms with Crippen LogP contribution < -0.4 is 0 Å². The first kappa shape index (κ1) is 13.7. The molecular formula is C15H28N2O. The van der Waals surface area contributed by atoms with E-state index in [2.05, 4.69) is 37.5 Å². The van der Waals surface area contributed by atoms with Gasteiger partial charge in [-0.15, -0.1) is 0 Å². The SMILES string of the molecule is CC1CC(C)CN(C(=O)N2CC(C)CC(C)C2)C1. The zero-order chi connectivity index (χ0) is 13.3. The van der Waals surface area contributed by atoms with Crippen LogP contribution in [-0.4, -0.2) is 42.0 Å². The highest BCUT2D eigenvalue weighted by Gasteiger charge is 2.31. The van der Waals surface area contributed by atoms with Crippen LogP contribution in [0.15, 0.2) is 0 Å². The van der Waals surface area contributed by atoms with Gasteiger partial charge in [0.2, 0.25) is 0 Å². The van der Waals surface area contributed by atoms with Crippen LogP contribution in [0.4, 0.5) is 4.79 Å². The van der Waals surface area contributed by atoms with Gasteiger partial charge in [0, 0.05) is 26.2 Å². The molecule has 2 fully saturated rings. The zero-order valence-corrected chi connectivity index (χ0v) is 12.4. The van der Waals surface area contributed by atoms with Crippen LogP contribution in [0, 0.1) is 23.7 Å². The Morgan fingerprint density at radius 1 is 0.722 bits per heavy atom. The average molecular weight is 252 g/mol. The third kappa shape index (κ3) is 3.18. The first-order valence-electron chi connectivity index (χ1n) is 7.49. The Balaban J connectivity index is 1.97. The molecular weight excluding hydrogens is 224 g/mol. The van der Waals surface area contributed by atoms with Crippen molar-refractivity contribution in [1.82, 2.24) is 9.80 Å². The summed E-state index contributed by atoms with van der Waals surface area (Å²) in [4.78, 5) is 16.8. The number of carbonyl (C=O) groups excluding carboxylic acids is 1. The van der Waals surface area contributed by atoms with Gasteiger partial charge in [0.25, 0.3) is 0 Å². The molecule has 3 nitrogen and oxygen atoms in total. The number of likely N-dealkylation sites (tertiary alicyclic amines) is 2. The van der Waals surface area contributed by atoms with Crippen molar-refractivity contribution in [3.8, 4) is 0 Å². The maximum atomic E-state index is 12.6. The molecule has 2 rings (SSSR count). The van der Waals surface area contributed by atoms with Gasteiger partial charge < -0.3 is 9.80 Å². The van der Waals surface area contributed by atoms with Gasteiger partial charge in [0.05, 0.1) is 0 Å². The standard InChI is InChI=1S/C15H28N2O/c1-11-5-12(2)8-16(7-11)15(18)17-9-13(3)6-14(4)10-17/h11-14H,5-10H2,1-4H3. The summed E-state index contributed by atoms with van der Waals surface area (Å²) in [6.45, 7) is 12.8. The Hall–Kier alpha value is -0.730.